The first-order chi connectivity index (χ1) is 18.7. The van der Waals surface area contributed by atoms with E-state index in [-0.39, 0.29) is 37.0 Å². The Bertz CT molecular complexity index is 1340. The molecule has 218 valence electrons. The van der Waals surface area contributed by atoms with Crippen LogP contribution in [0, 0.1) is 5.92 Å². The Morgan fingerprint density at radius 1 is 1.32 bits per heavy atom. The number of hydrogen-bond donors (Lipinski definition) is 2. The summed E-state index contributed by atoms with van der Waals surface area (Å²) in [6.45, 7) is 13.1. The lowest BCUT2D eigenvalue weighted by atomic mass is 9.77. The van der Waals surface area contributed by atoms with Crippen molar-refractivity contribution in [3.63, 3.8) is 0 Å². The number of sulfonamides is 1. The second kappa shape index (κ2) is 11.1. The molecule has 2 heterocycles. The van der Waals surface area contributed by atoms with Gasteiger partial charge in [0.05, 0.1) is 5.70 Å². The highest BCUT2D eigenvalue weighted by molar-refractivity contribution is 7.92. The number of halogens is 1. The molecule has 0 radical (unpaired) electrons. The Kier molecular flexibility index (Phi) is 8.31. The van der Waals surface area contributed by atoms with Crippen LogP contribution in [0.4, 0.5) is 9.18 Å². The predicted octanol–water partition coefficient (Wildman–Crippen LogP) is 4.14. The van der Waals surface area contributed by atoms with Crippen molar-refractivity contribution in [2.24, 2.45) is 5.92 Å². The van der Waals surface area contributed by atoms with Crippen LogP contribution in [0.2, 0.25) is 0 Å². The number of ether oxygens (including phenoxy) is 1. The zero-order valence-electron chi connectivity index (χ0n) is 23.7. The van der Waals surface area contributed by atoms with Crippen LogP contribution in [-0.2, 0) is 19.6 Å². The van der Waals surface area contributed by atoms with Crippen molar-refractivity contribution in [2.45, 2.75) is 70.6 Å². The Morgan fingerprint density at radius 3 is 2.60 bits per heavy atom. The van der Waals surface area contributed by atoms with Gasteiger partial charge < -0.3 is 10.1 Å². The van der Waals surface area contributed by atoms with Crippen molar-refractivity contribution in [2.75, 3.05) is 19.6 Å². The summed E-state index contributed by atoms with van der Waals surface area (Å²) >= 11 is 0. The summed E-state index contributed by atoms with van der Waals surface area (Å²) in [6, 6.07) is 9.10. The monoisotopic (exact) mass is 574 g/mol. The third kappa shape index (κ3) is 5.87. The number of likely N-dealkylation sites (tertiary alicyclic amines) is 1. The Hall–Kier alpha value is -3.02. The van der Waals surface area contributed by atoms with E-state index in [0.29, 0.717) is 18.7 Å². The van der Waals surface area contributed by atoms with E-state index >= 15 is 4.39 Å². The van der Waals surface area contributed by atoms with Crippen molar-refractivity contribution >= 4 is 22.0 Å². The molecule has 4 rings (SSSR count). The minimum atomic E-state index is -3.77. The van der Waals surface area contributed by atoms with Gasteiger partial charge in [0.2, 0.25) is 15.9 Å². The van der Waals surface area contributed by atoms with Gasteiger partial charge in [-0.1, -0.05) is 36.9 Å². The lowest BCUT2D eigenvalue weighted by Crippen LogP contribution is -2.62. The lowest BCUT2D eigenvalue weighted by molar-refractivity contribution is -0.131. The molecule has 2 unspecified atom stereocenters. The van der Waals surface area contributed by atoms with E-state index in [4.69, 9.17) is 4.74 Å². The van der Waals surface area contributed by atoms with Gasteiger partial charge in [0.1, 0.15) is 17.0 Å². The molecule has 4 atom stereocenters. The van der Waals surface area contributed by atoms with Crippen molar-refractivity contribution in [1.29, 1.82) is 0 Å². The van der Waals surface area contributed by atoms with Crippen LogP contribution in [0.25, 0.3) is 0 Å². The molecular weight excluding hydrogens is 535 g/mol. The number of nitrogens with one attached hydrogen (secondary N) is 2. The molecule has 0 bridgehead atoms. The number of piperidine rings is 1. The normalized spacial score (nSPS) is 27.5. The summed E-state index contributed by atoms with van der Waals surface area (Å²) < 4.78 is 48.6. The molecule has 9 nitrogen and oxygen atoms in total. The van der Waals surface area contributed by atoms with Gasteiger partial charge in [-0.25, -0.2) is 22.3 Å². The SMILES string of the molecule is C=CS(=O)(=O)N[C@H]1CN(C2(C)C(=O)NC3=C(N(CC)C(=O)OC(C)(C)C)C=C(F)CC32)CC[C@@H]1c1ccccc1. The number of rotatable bonds is 7. The van der Waals surface area contributed by atoms with Gasteiger partial charge in [-0.05, 0) is 59.2 Å². The molecule has 11 heteroatoms. The highest BCUT2D eigenvalue weighted by atomic mass is 32.2. The molecular formula is C29H39FN4O5S. The molecule has 2 saturated heterocycles. The third-order valence-corrected chi connectivity index (χ3v) is 9.03. The Morgan fingerprint density at radius 2 is 2.00 bits per heavy atom. The fraction of sp³-hybridized carbons (Fsp3) is 0.517. The minimum absolute atomic E-state index is 0.0262. The van der Waals surface area contributed by atoms with E-state index in [1.165, 1.54) is 11.0 Å². The summed E-state index contributed by atoms with van der Waals surface area (Å²) in [5, 5.41) is 3.82. The molecule has 1 aromatic carbocycles. The number of nitrogens with zero attached hydrogens (tertiary/aromatic N) is 2. The van der Waals surface area contributed by atoms with Crippen LogP contribution in [0.15, 0.2) is 65.6 Å². The minimum Gasteiger partial charge on any atom is -0.443 e. The van der Waals surface area contributed by atoms with Crippen LogP contribution in [0.3, 0.4) is 0 Å². The summed E-state index contributed by atoms with van der Waals surface area (Å²) in [4.78, 5) is 30.0. The van der Waals surface area contributed by atoms with E-state index in [9.17, 15) is 18.0 Å². The molecule has 2 aliphatic heterocycles. The number of carbonyl (C=O) groups is 2. The van der Waals surface area contributed by atoms with Crippen LogP contribution < -0.4 is 10.0 Å². The predicted molar refractivity (Wildman–Crippen MR) is 151 cm³/mol. The maximum Gasteiger partial charge on any atom is 0.414 e. The van der Waals surface area contributed by atoms with Crippen molar-refractivity contribution < 1.29 is 27.1 Å². The molecule has 2 fully saturated rings. The molecule has 0 spiro atoms. The van der Waals surface area contributed by atoms with Gasteiger partial charge in [0, 0.05) is 48.5 Å². The van der Waals surface area contributed by atoms with E-state index in [2.05, 4.69) is 16.6 Å². The average molecular weight is 575 g/mol. The highest BCUT2D eigenvalue weighted by Gasteiger charge is 2.57. The smallest absolute Gasteiger partial charge is 0.414 e. The Balaban J connectivity index is 1.70. The fourth-order valence-corrected chi connectivity index (χ4v) is 6.71. The first kappa shape index (κ1) is 30.0. The molecule has 40 heavy (non-hydrogen) atoms. The molecule has 2 amide bonds. The number of benzene rings is 1. The molecule has 0 aromatic heterocycles. The number of allylic oxidation sites excluding steroid dienone is 2. The van der Waals surface area contributed by atoms with Gasteiger partial charge in [0.25, 0.3) is 0 Å². The Labute approximate surface area is 236 Å². The summed E-state index contributed by atoms with van der Waals surface area (Å²) in [7, 11) is -3.77. The first-order valence-electron chi connectivity index (χ1n) is 13.6. The highest BCUT2D eigenvalue weighted by Crippen LogP contribution is 2.46. The molecule has 1 aromatic rings. The largest absolute Gasteiger partial charge is 0.443 e. The number of hydrogen-bond acceptors (Lipinski definition) is 6. The fourth-order valence-electron chi connectivity index (χ4n) is 5.95. The third-order valence-electron chi connectivity index (χ3n) is 7.96. The maximum absolute atomic E-state index is 15.2. The topological polar surface area (TPSA) is 108 Å². The number of fused-ring (bicyclic) bond motifs is 1. The summed E-state index contributed by atoms with van der Waals surface area (Å²) in [5.74, 6) is -1.51. The molecule has 1 aliphatic carbocycles. The van der Waals surface area contributed by atoms with Gasteiger partial charge in [-0.2, -0.15) is 0 Å². The number of amides is 2. The summed E-state index contributed by atoms with van der Waals surface area (Å²) in [5.41, 5.74) is -0.207. The van der Waals surface area contributed by atoms with E-state index in [1.54, 1.807) is 34.6 Å². The summed E-state index contributed by atoms with van der Waals surface area (Å²) in [6.07, 6.45) is 1.20. The maximum atomic E-state index is 15.2. The van der Waals surface area contributed by atoms with E-state index in [1.807, 2.05) is 35.2 Å². The van der Waals surface area contributed by atoms with E-state index in [0.717, 1.165) is 11.0 Å². The van der Waals surface area contributed by atoms with Gasteiger partial charge in [-0.15, -0.1) is 0 Å². The van der Waals surface area contributed by atoms with Gasteiger partial charge in [0.15, 0.2) is 0 Å². The molecule has 2 N–H and O–H groups in total. The van der Waals surface area contributed by atoms with Crippen LogP contribution in [0.1, 0.15) is 58.9 Å². The van der Waals surface area contributed by atoms with Crippen molar-refractivity contribution in [3.8, 4) is 0 Å². The standard InChI is InChI=1S/C29H39FN4O5S/c1-7-34(27(36)39-28(3,4)5)24-17-20(30)16-22-25(24)31-26(35)29(22,6)33-15-14-21(19-12-10-9-11-13-19)23(18-33)32-40(37,38)8-2/h8-13,17,21-23,32H,2,7,14-16,18H2,1,3-6H3,(H,31,35)/t21-,22?,23+,29?/m1/s1. The van der Waals surface area contributed by atoms with Crippen LogP contribution in [0.5, 0.6) is 0 Å². The average Bonchev–Trinajstić information content (AvgIpc) is 3.14. The van der Waals surface area contributed by atoms with E-state index < -0.39 is 45.0 Å². The van der Waals surface area contributed by atoms with Gasteiger partial charge >= 0.3 is 6.09 Å². The lowest BCUT2D eigenvalue weighted by Gasteiger charge is -2.47. The second-order valence-corrected chi connectivity index (χ2v) is 13.3. The number of carbonyl (C=O) groups excluding carboxylic acids is 2. The van der Waals surface area contributed by atoms with Crippen LogP contribution in [-0.4, -0.2) is 67.0 Å². The van der Waals surface area contributed by atoms with Crippen molar-refractivity contribution in [1.82, 2.24) is 19.8 Å². The van der Waals surface area contributed by atoms with Gasteiger partial charge in [-0.3, -0.25) is 14.6 Å². The number of likely N-dealkylation sites (N-methyl/N-ethyl adjacent to an activating group) is 1. The van der Waals surface area contributed by atoms with Crippen LogP contribution >= 0.6 is 0 Å². The van der Waals surface area contributed by atoms with Crippen molar-refractivity contribution in [3.05, 3.63) is 71.2 Å². The molecule has 0 saturated carbocycles. The second-order valence-electron chi connectivity index (χ2n) is 11.7. The molecule has 3 aliphatic rings. The zero-order chi connectivity index (χ0) is 29.5. The zero-order valence-corrected chi connectivity index (χ0v) is 24.6. The quantitative estimate of drug-likeness (QED) is 0.507. The first-order valence-corrected chi connectivity index (χ1v) is 15.1.